The number of nitrogens with one attached hydrogen (secondary N) is 2. The van der Waals surface area contributed by atoms with Crippen molar-refractivity contribution in [2.45, 2.75) is 101 Å². The third-order valence-electron chi connectivity index (χ3n) is 5.96. The van der Waals surface area contributed by atoms with Gasteiger partial charge in [0.05, 0.1) is 11.4 Å². The van der Waals surface area contributed by atoms with E-state index >= 15 is 0 Å². The summed E-state index contributed by atoms with van der Waals surface area (Å²) in [6.45, 7) is 3.66. The molecule has 1 aliphatic heterocycles. The van der Waals surface area contributed by atoms with Crippen LogP contribution in [0.4, 0.5) is 29.7 Å². The van der Waals surface area contributed by atoms with Crippen molar-refractivity contribution >= 4 is 121 Å². The van der Waals surface area contributed by atoms with E-state index < -0.39 is 66.2 Å². The van der Waals surface area contributed by atoms with Crippen LogP contribution in [0.2, 0.25) is 0 Å². The van der Waals surface area contributed by atoms with Gasteiger partial charge < -0.3 is 25.6 Å². The number of carbonyl (C=O) groups is 9. The Labute approximate surface area is 362 Å². The Bertz CT molecular complexity index is 1690. The third-order valence-corrected chi connectivity index (χ3v) is 7.30. The van der Waals surface area contributed by atoms with Gasteiger partial charge in [-0.3, -0.25) is 38.5 Å². The van der Waals surface area contributed by atoms with Gasteiger partial charge in [-0.15, -0.1) is 0 Å². The number of urea groups is 2. The Morgan fingerprint density at radius 3 is 1.60 bits per heavy atom. The maximum absolute atomic E-state index is 14.0. The number of hydrogen-bond donors (Lipinski definition) is 4. The minimum absolute atomic E-state index is 0. The number of ether oxygens (including phenoxy) is 1. The van der Waals surface area contributed by atoms with E-state index in [2.05, 4.69) is 27.0 Å². The smallest absolute Gasteiger partial charge is 0.338 e. The lowest BCUT2D eigenvalue weighted by Gasteiger charge is -2.32. The normalized spacial score (nSPS) is 13.2. The number of nitrogens with zero attached hydrogens (tertiary/aromatic N) is 2. The Hall–Kier alpha value is -4.32. The SMILES string of the molecule is C.C.C.C.CC(=O)Cl.CC(=O)OC(C)=O.O=C(Nc1ccc(I)cc1F)NC1CC1.O=C(O)CC(=O)O.O=C1CC(=O)N(C2CC2)C(=O)N1c1ccc(I)cc1F. The largest absolute Gasteiger partial charge is 0.481 e. The van der Waals surface area contributed by atoms with E-state index in [9.17, 15) is 51.9 Å². The topological polar surface area (TPSA) is 234 Å². The molecule has 0 unspecified atom stereocenters. The van der Waals surface area contributed by atoms with Crippen molar-refractivity contribution in [3.63, 3.8) is 0 Å². The van der Waals surface area contributed by atoms with Gasteiger partial charge in [0.25, 0.3) is 0 Å². The zero-order valence-corrected chi connectivity index (χ0v) is 33.2. The summed E-state index contributed by atoms with van der Waals surface area (Å²) in [4.78, 5) is 96.9. The number of hydrogen-bond acceptors (Lipinski definition) is 10. The number of imide groups is 2. The number of barbiturate groups is 1. The molecule has 21 heteroatoms. The highest BCUT2D eigenvalue weighted by Crippen LogP contribution is 2.33. The molecule has 2 aromatic carbocycles. The zero-order valence-electron chi connectivity index (χ0n) is 28.1. The molecule has 57 heavy (non-hydrogen) atoms. The van der Waals surface area contributed by atoms with Crippen molar-refractivity contribution in [3.8, 4) is 0 Å². The lowest BCUT2D eigenvalue weighted by Crippen LogP contribution is -2.56. The highest BCUT2D eigenvalue weighted by Gasteiger charge is 2.46. The van der Waals surface area contributed by atoms with E-state index in [4.69, 9.17) is 10.2 Å². The van der Waals surface area contributed by atoms with Crippen LogP contribution in [0.5, 0.6) is 0 Å². The summed E-state index contributed by atoms with van der Waals surface area (Å²) < 4.78 is 32.7. The minimum Gasteiger partial charge on any atom is -0.481 e. The number of amides is 6. The zero-order chi connectivity index (χ0) is 40.6. The predicted octanol–water partition coefficient (Wildman–Crippen LogP) is 7.95. The van der Waals surface area contributed by atoms with E-state index in [1.807, 2.05) is 45.2 Å². The summed E-state index contributed by atoms with van der Waals surface area (Å²) in [6.07, 6.45) is 2.32. The van der Waals surface area contributed by atoms with Crippen molar-refractivity contribution in [2.24, 2.45) is 0 Å². The second-order valence-electron chi connectivity index (χ2n) is 10.8. The fourth-order valence-corrected chi connectivity index (χ4v) is 4.61. The van der Waals surface area contributed by atoms with E-state index in [1.54, 1.807) is 18.2 Å². The molecule has 5 rings (SSSR count). The molecule has 0 bridgehead atoms. The molecule has 1 heterocycles. The molecule has 2 aromatic rings. The van der Waals surface area contributed by atoms with E-state index in [-0.39, 0.29) is 64.4 Å². The number of esters is 2. The number of carbonyl (C=O) groups excluding carboxylic acids is 7. The van der Waals surface area contributed by atoms with Crippen molar-refractivity contribution in [1.82, 2.24) is 10.2 Å². The van der Waals surface area contributed by atoms with Gasteiger partial charge in [0, 0.05) is 40.0 Å². The van der Waals surface area contributed by atoms with Crippen LogP contribution in [0.3, 0.4) is 0 Å². The van der Waals surface area contributed by atoms with Gasteiger partial charge in [0.15, 0.2) is 0 Å². The van der Waals surface area contributed by atoms with Gasteiger partial charge in [0.1, 0.15) is 24.5 Å². The Balaban J connectivity index is -0.000000337. The maximum atomic E-state index is 14.0. The lowest BCUT2D eigenvalue weighted by atomic mass is 10.2. The number of halogens is 5. The first-order valence-corrected chi connectivity index (χ1v) is 17.6. The number of benzene rings is 2. The van der Waals surface area contributed by atoms with Gasteiger partial charge in [-0.05, 0) is 119 Å². The molecule has 0 spiro atoms. The average Bonchev–Trinajstić information content (AvgIpc) is 3.92. The van der Waals surface area contributed by atoms with Crippen LogP contribution in [-0.4, -0.2) is 80.2 Å². The van der Waals surface area contributed by atoms with Crippen molar-refractivity contribution in [2.75, 3.05) is 10.2 Å². The van der Waals surface area contributed by atoms with Gasteiger partial charge in [-0.25, -0.2) is 23.3 Å². The van der Waals surface area contributed by atoms with Crippen LogP contribution in [-0.2, 0) is 38.3 Å². The van der Waals surface area contributed by atoms with E-state index in [0.29, 0.717) is 3.57 Å². The number of anilines is 2. The molecule has 3 aliphatic rings. The molecule has 3 fully saturated rings. The molecule has 2 saturated carbocycles. The third kappa shape index (κ3) is 24.8. The summed E-state index contributed by atoms with van der Waals surface area (Å²) >= 11 is 8.59. The van der Waals surface area contributed by atoms with E-state index in [1.165, 1.54) is 39.0 Å². The standard InChI is InChI=1S/C13H10FIN2O3.C10H10FIN2O.C4H6O3.C3H4O4.C2H3ClO.4CH4/c14-9-5-7(15)1-4-10(9)17-12(19)6-11(18)16(13(17)20)8-2-3-8;11-8-5-6(12)1-4-9(8)14-10(15)13-7-2-3-7;1-3(5)7-4(2)6;4-2(5)1-3(6)7;1-2(3)4;;;;/h1,4-5,8H,2-3,6H2;1,4-5,7H,2-3H2,(H2,13,14,15);1-2H3;1H2,(H,4,5)(H,6,7);1H3;4*1H4. The van der Waals surface area contributed by atoms with E-state index in [0.717, 1.165) is 39.1 Å². The van der Waals surface area contributed by atoms with Crippen LogP contribution in [0, 0.1) is 18.8 Å². The fraction of sp³-hybridized carbons (Fsp3) is 0.417. The molecular formula is C36H49ClF2I2N4O12. The molecule has 0 radical (unpaired) electrons. The molecule has 16 nitrogen and oxygen atoms in total. The molecule has 320 valence electrons. The van der Waals surface area contributed by atoms with Crippen molar-refractivity contribution < 1.29 is 66.9 Å². The Morgan fingerprint density at radius 2 is 1.25 bits per heavy atom. The van der Waals surface area contributed by atoms with Gasteiger partial charge in [0.2, 0.25) is 17.1 Å². The highest BCUT2D eigenvalue weighted by molar-refractivity contribution is 14.1. The summed E-state index contributed by atoms with van der Waals surface area (Å²) in [6, 6.07) is 7.98. The summed E-state index contributed by atoms with van der Waals surface area (Å²) in [5.74, 6) is -5.99. The lowest BCUT2D eigenvalue weighted by molar-refractivity contribution is -0.156. The van der Waals surface area contributed by atoms with Crippen molar-refractivity contribution in [1.29, 1.82) is 0 Å². The summed E-state index contributed by atoms with van der Waals surface area (Å²) in [5.41, 5.74) is 0.118. The highest BCUT2D eigenvalue weighted by atomic mass is 127. The first kappa shape index (κ1) is 59.4. The summed E-state index contributed by atoms with van der Waals surface area (Å²) in [7, 11) is 0. The average molecular weight is 1060 g/mol. The molecular weight excluding hydrogens is 1010 g/mol. The van der Waals surface area contributed by atoms with Crippen LogP contribution < -0.4 is 15.5 Å². The van der Waals surface area contributed by atoms with Gasteiger partial charge in [-0.1, -0.05) is 29.7 Å². The van der Waals surface area contributed by atoms with Gasteiger partial charge in [-0.2, -0.15) is 0 Å². The molecule has 0 aromatic heterocycles. The number of aliphatic carboxylic acids is 2. The number of rotatable bonds is 6. The monoisotopic (exact) mass is 1060 g/mol. The first-order valence-electron chi connectivity index (χ1n) is 15.1. The second kappa shape index (κ2) is 29.0. The molecule has 4 N–H and O–H groups in total. The fourth-order valence-electron chi connectivity index (χ4n) is 3.70. The molecule has 6 amide bonds. The maximum Gasteiger partial charge on any atom is 0.338 e. The molecule has 2 aliphatic carbocycles. The summed E-state index contributed by atoms with van der Waals surface area (Å²) in [5, 5.41) is 20.3. The minimum atomic E-state index is -1.31. The van der Waals surface area contributed by atoms with Crippen LogP contribution in [0.1, 0.15) is 89.0 Å². The molecule has 1 saturated heterocycles. The second-order valence-corrected chi connectivity index (χ2v) is 13.8. The van der Waals surface area contributed by atoms with Gasteiger partial charge >= 0.3 is 35.9 Å². The Morgan fingerprint density at radius 1 is 0.789 bits per heavy atom. The number of carboxylic acids is 2. The molecule has 0 atom stereocenters. The quantitative estimate of drug-likeness (QED) is 0.0934. The first-order chi connectivity index (χ1) is 24.6. The van der Waals surface area contributed by atoms with Crippen LogP contribution in [0.15, 0.2) is 36.4 Å². The number of carboxylic acid groups (broad SMARTS) is 2. The van der Waals surface area contributed by atoms with Crippen LogP contribution >= 0.6 is 56.8 Å². The predicted molar refractivity (Wildman–Crippen MR) is 227 cm³/mol. The van der Waals surface area contributed by atoms with Crippen LogP contribution in [0.25, 0.3) is 0 Å². The Kier molecular flexibility index (Phi) is 30.2. The van der Waals surface area contributed by atoms with Crippen molar-refractivity contribution in [3.05, 3.63) is 55.2 Å².